The van der Waals surface area contributed by atoms with Crippen molar-refractivity contribution in [2.75, 3.05) is 18.2 Å². The molecule has 1 aliphatic carbocycles. The van der Waals surface area contributed by atoms with Crippen molar-refractivity contribution in [3.63, 3.8) is 0 Å². The molecule has 1 aliphatic heterocycles. The van der Waals surface area contributed by atoms with E-state index in [1.807, 2.05) is 30.3 Å². The van der Waals surface area contributed by atoms with Gasteiger partial charge < -0.3 is 10.2 Å². The minimum atomic E-state index is -0.445. The third-order valence-electron chi connectivity index (χ3n) is 6.26. The summed E-state index contributed by atoms with van der Waals surface area (Å²) in [6.45, 7) is -0.153. The second kappa shape index (κ2) is 8.65. The van der Waals surface area contributed by atoms with E-state index in [4.69, 9.17) is 11.6 Å². The average molecular weight is 478 g/mol. The van der Waals surface area contributed by atoms with Gasteiger partial charge in [0.15, 0.2) is 0 Å². The van der Waals surface area contributed by atoms with Crippen LogP contribution in [0.4, 0.5) is 0 Å². The number of carbonyl (C=O) groups is 2. The van der Waals surface area contributed by atoms with Crippen molar-refractivity contribution in [1.82, 2.24) is 20.2 Å². The van der Waals surface area contributed by atoms with Gasteiger partial charge in [0, 0.05) is 28.9 Å². The van der Waals surface area contributed by atoms with Gasteiger partial charge in [0.1, 0.15) is 6.04 Å². The fourth-order valence-electron chi connectivity index (χ4n) is 4.27. The number of rotatable bonds is 5. The molecule has 1 saturated carbocycles. The lowest BCUT2D eigenvalue weighted by molar-refractivity contribution is -0.129. The minimum Gasteiger partial charge on any atom is -0.343 e. The van der Waals surface area contributed by atoms with Crippen LogP contribution in [0.3, 0.4) is 0 Å². The van der Waals surface area contributed by atoms with Crippen molar-refractivity contribution in [2.45, 2.75) is 24.3 Å². The van der Waals surface area contributed by atoms with Crippen LogP contribution in [0.5, 0.6) is 0 Å². The molecule has 3 aromatic rings. The van der Waals surface area contributed by atoms with Crippen molar-refractivity contribution in [1.29, 1.82) is 5.26 Å². The highest BCUT2D eigenvalue weighted by atomic mass is 35.5. The first kappa shape index (κ1) is 21.7. The van der Waals surface area contributed by atoms with Gasteiger partial charge in [0.25, 0.3) is 5.91 Å². The van der Waals surface area contributed by atoms with E-state index in [-0.39, 0.29) is 23.8 Å². The Labute approximate surface area is 200 Å². The topological polar surface area (TPSA) is 99.0 Å². The van der Waals surface area contributed by atoms with Gasteiger partial charge in [0.2, 0.25) is 5.91 Å². The van der Waals surface area contributed by atoms with Crippen LogP contribution in [-0.4, -0.2) is 50.9 Å². The summed E-state index contributed by atoms with van der Waals surface area (Å²) in [4.78, 5) is 36.0. The summed E-state index contributed by atoms with van der Waals surface area (Å²) in [7, 11) is 0. The zero-order valence-corrected chi connectivity index (χ0v) is 19.2. The van der Waals surface area contributed by atoms with E-state index < -0.39 is 6.04 Å². The molecule has 5 rings (SSSR count). The molecule has 2 amide bonds. The number of benzene rings is 1. The Kier molecular flexibility index (Phi) is 5.69. The van der Waals surface area contributed by atoms with Gasteiger partial charge in [0.05, 0.1) is 40.3 Å². The zero-order chi connectivity index (χ0) is 23.0. The first-order valence-electron chi connectivity index (χ1n) is 10.6. The smallest absolute Gasteiger partial charge is 0.252 e. The third kappa shape index (κ3) is 4.03. The van der Waals surface area contributed by atoms with Crippen LogP contribution < -0.4 is 5.32 Å². The van der Waals surface area contributed by atoms with E-state index in [1.54, 1.807) is 18.5 Å². The largest absolute Gasteiger partial charge is 0.343 e. The summed E-state index contributed by atoms with van der Waals surface area (Å²) in [6.07, 6.45) is 5.19. The number of amides is 2. The van der Waals surface area contributed by atoms with Crippen molar-refractivity contribution in [3.05, 3.63) is 70.6 Å². The SMILES string of the molecule is N#C[C@@H]1CSCN1C(=O)CNC(=O)c1ccnc2ccc(C3(c4ccc(Cl)cn4)CC3)cc12. The Balaban J connectivity index is 1.40. The Hall–Kier alpha value is -3.15. The predicted octanol–water partition coefficient (Wildman–Crippen LogP) is 3.52. The lowest BCUT2D eigenvalue weighted by atomic mass is 9.90. The number of nitrogens with zero attached hydrogens (tertiary/aromatic N) is 4. The Morgan fingerprint density at radius 3 is 2.82 bits per heavy atom. The van der Waals surface area contributed by atoms with E-state index in [9.17, 15) is 14.9 Å². The summed E-state index contributed by atoms with van der Waals surface area (Å²) in [5.74, 6) is 0.459. The molecule has 166 valence electrons. The highest BCUT2D eigenvalue weighted by Crippen LogP contribution is 2.53. The minimum absolute atomic E-state index is 0.153. The Morgan fingerprint density at radius 2 is 2.09 bits per heavy atom. The molecule has 2 aromatic heterocycles. The van der Waals surface area contributed by atoms with Gasteiger partial charge in [-0.05, 0) is 48.7 Å². The molecule has 1 aromatic carbocycles. The quantitative estimate of drug-likeness (QED) is 0.603. The summed E-state index contributed by atoms with van der Waals surface area (Å²) in [5.41, 5.74) is 3.02. The predicted molar refractivity (Wildman–Crippen MR) is 127 cm³/mol. The van der Waals surface area contributed by atoms with Crippen LogP contribution >= 0.6 is 23.4 Å². The van der Waals surface area contributed by atoms with Crippen molar-refractivity contribution in [3.8, 4) is 6.07 Å². The Bertz CT molecular complexity index is 1290. The number of nitrogens with one attached hydrogen (secondary N) is 1. The van der Waals surface area contributed by atoms with Gasteiger partial charge in [-0.2, -0.15) is 5.26 Å². The van der Waals surface area contributed by atoms with E-state index >= 15 is 0 Å². The first-order valence-corrected chi connectivity index (χ1v) is 12.1. The highest BCUT2D eigenvalue weighted by Gasteiger charge is 2.47. The van der Waals surface area contributed by atoms with E-state index in [1.165, 1.54) is 16.7 Å². The molecule has 3 heterocycles. The number of fused-ring (bicyclic) bond motifs is 1. The summed E-state index contributed by atoms with van der Waals surface area (Å²) in [5, 5.41) is 13.2. The molecule has 2 fully saturated rings. The molecule has 0 unspecified atom stereocenters. The normalized spacial score (nSPS) is 18.7. The first-order chi connectivity index (χ1) is 16.0. The molecule has 2 aliphatic rings. The van der Waals surface area contributed by atoms with Crippen molar-refractivity contribution in [2.24, 2.45) is 0 Å². The summed E-state index contributed by atoms with van der Waals surface area (Å²) in [6, 6.07) is 13.1. The molecule has 1 atom stereocenters. The number of hydrogen-bond acceptors (Lipinski definition) is 6. The van der Waals surface area contributed by atoms with E-state index in [0.29, 0.717) is 27.7 Å². The number of hydrogen-bond donors (Lipinski definition) is 1. The maximum Gasteiger partial charge on any atom is 0.252 e. The third-order valence-corrected chi connectivity index (χ3v) is 7.49. The van der Waals surface area contributed by atoms with Crippen LogP contribution in [0.15, 0.2) is 48.8 Å². The standard InChI is InChI=1S/C24H20ClN5O2S/c25-16-2-4-21(28-11-16)24(6-7-24)15-1-3-20-19(9-15)18(5-8-27-20)23(32)29-12-22(31)30-14-33-13-17(30)10-26/h1-5,8-9,11,17H,6-7,12-14H2,(H,29,32)/t17-/m1/s1. The second-order valence-corrected chi connectivity index (χ2v) is 9.66. The summed E-state index contributed by atoms with van der Waals surface area (Å²) >= 11 is 7.55. The molecule has 1 N–H and O–H groups in total. The molecule has 33 heavy (non-hydrogen) atoms. The van der Waals surface area contributed by atoms with Crippen LogP contribution in [0.1, 0.15) is 34.5 Å². The van der Waals surface area contributed by atoms with Crippen molar-refractivity contribution >= 4 is 46.1 Å². The van der Waals surface area contributed by atoms with Crippen LogP contribution in [0.2, 0.25) is 5.02 Å². The van der Waals surface area contributed by atoms with Crippen LogP contribution in [-0.2, 0) is 10.2 Å². The molecular weight excluding hydrogens is 458 g/mol. The van der Waals surface area contributed by atoms with Crippen molar-refractivity contribution < 1.29 is 9.59 Å². The average Bonchev–Trinajstić information content (AvgIpc) is 3.51. The molecule has 0 bridgehead atoms. The number of thioether (sulfide) groups is 1. The van der Waals surface area contributed by atoms with Crippen LogP contribution in [0, 0.1) is 11.3 Å². The zero-order valence-electron chi connectivity index (χ0n) is 17.6. The van der Waals surface area contributed by atoms with Gasteiger partial charge >= 0.3 is 0 Å². The van der Waals surface area contributed by atoms with Crippen LogP contribution in [0.25, 0.3) is 10.9 Å². The monoisotopic (exact) mass is 477 g/mol. The summed E-state index contributed by atoms with van der Waals surface area (Å²) < 4.78 is 0. The van der Waals surface area contributed by atoms with Gasteiger partial charge in [-0.15, -0.1) is 11.8 Å². The number of aromatic nitrogens is 2. The number of halogens is 1. The highest BCUT2D eigenvalue weighted by molar-refractivity contribution is 7.99. The molecule has 9 heteroatoms. The second-order valence-electron chi connectivity index (χ2n) is 8.23. The maximum absolute atomic E-state index is 13.0. The van der Waals surface area contributed by atoms with Gasteiger partial charge in [-0.25, -0.2) is 0 Å². The maximum atomic E-state index is 13.0. The molecule has 1 saturated heterocycles. The molecule has 7 nitrogen and oxygen atoms in total. The van der Waals surface area contributed by atoms with E-state index in [0.717, 1.165) is 29.5 Å². The lowest BCUT2D eigenvalue weighted by Crippen LogP contribution is -2.42. The Morgan fingerprint density at radius 1 is 1.24 bits per heavy atom. The van der Waals surface area contributed by atoms with E-state index in [2.05, 4.69) is 21.4 Å². The fourth-order valence-corrected chi connectivity index (χ4v) is 5.48. The molecular formula is C24H20ClN5O2S. The molecule has 0 spiro atoms. The number of pyridine rings is 2. The lowest BCUT2D eigenvalue weighted by Gasteiger charge is -2.19. The van der Waals surface area contributed by atoms with Gasteiger partial charge in [-0.1, -0.05) is 17.7 Å². The number of nitriles is 1. The fraction of sp³-hybridized carbons (Fsp3) is 0.292. The molecule has 0 radical (unpaired) electrons. The number of carbonyl (C=O) groups excluding carboxylic acids is 2. The van der Waals surface area contributed by atoms with Gasteiger partial charge in [-0.3, -0.25) is 19.6 Å².